The number of rotatable bonds is 6. The van der Waals surface area contributed by atoms with Crippen molar-refractivity contribution in [2.75, 3.05) is 11.9 Å². The number of nitro groups is 1. The summed E-state index contributed by atoms with van der Waals surface area (Å²) in [7, 11) is 0. The lowest BCUT2D eigenvalue weighted by molar-refractivity contribution is -0.929. The Bertz CT molecular complexity index is 1230. The van der Waals surface area contributed by atoms with E-state index in [1.54, 1.807) is 6.07 Å². The molecular formula is C23H20N5O3S+. The van der Waals surface area contributed by atoms with Gasteiger partial charge in [0.25, 0.3) is 11.6 Å². The summed E-state index contributed by atoms with van der Waals surface area (Å²) in [5.41, 5.74) is 2.43. The van der Waals surface area contributed by atoms with E-state index >= 15 is 0 Å². The second-order valence-corrected chi connectivity index (χ2v) is 8.54. The number of fused-ring (bicyclic) bond motifs is 1. The molecule has 0 radical (unpaired) electrons. The summed E-state index contributed by atoms with van der Waals surface area (Å²) < 4.78 is 0. The fourth-order valence-corrected chi connectivity index (χ4v) is 4.70. The minimum Gasteiger partial charge on any atom is -0.326 e. The molecule has 0 aliphatic carbocycles. The number of hydrogen-bond acceptors (Lipinski definition) is 6. The van der Waals surface area contributed by atoms with Crippen LogP contribution >= 0.6 is 11.3 Å². The molecule has 2 heterocycles. The first-order valence-electron chi connectivity index (χ1n) is 10.1. The number of benzene rings is 2. The number of nitrogens with one attached hydrogen (secondary N) is 2. The molecule has 1 amide bonds. The Morgan fingerprint density at radius 2 is 2.09 bits per heavy atom. The number of hydrogen-bond donors (Lipinski definition) is 2. The van der Waals surface area contributed by atoms with Crippen molar-refractivity contribution in [1.82, 2.24) is 4.98 Å². The number of carbonyl (C=O) groups excluding carboxylic acids is 1. The molecule has 0 spiro atoms. The number of carbonyl (C=O) groups is 1. The van der Waals surface area contributed by atoms with E-state index in [4.69, 9.17) is 0 Å². The van der Waals surface area contributed by atoms with Gasteiger partial charge in [0.1, 0.15) is 24.7 Å². The van der Waals surface area contributed by atoms with Crippen LogP contribution in [0.3, 0.4) is 0 Å². The van der Waals surface area contributed by atoms with Crippen LogP contribution < -0.4 is 10.2 Å². The molecular weight excluding hydrogens is 426 g/mol. The Morgan fingerprint density at radius 1 is 1.28 bits per heavy atom. The summed E-state index contributed by atoms with van der Waals surface area (Å²) in [5.74, 6) is -0.585. The second-order valence-electron chi connectivity index (χ2n) is 7.45. The van der Waals surface area contributed by atoms with Gasteiger partial charge in [0.2, 0.25) is 0 Å². The zero-order chi connectivity index (χ0) is 22.5. The summed E-state index contributed by atoms with van der Waals surface area (Å²) in [4.78, 5) is 30.1. The molecule has 0 saturated carbocycles. The Balaban J connectivity index is 1.44. The van der Waals surface area contributed by atoms with Crippen molar-refractivity contribution in [3.05, 3.63) is 92.0 Å². The highest BCUT2D eigenvalue weighted by Crippen LogP contribution is 2.25. The van der Waals surface area contributed by atoms with Crippen LogP contribution in [0.5, 0.6) is 0 Å². The van der Waals surface area contributed by atoms with Gasteiger partial charge < -0.3 is 4.90 Å². The maximum absolute atomic E-state index is 12.6. The molecule has 160 valence electrons. The molecule has 1 unspecified atom stereocenters. The summed E-state index contributed by atoms with van der Waals surface area (Å²) in [6.07, 6.45) is 2.17. The fraction of sp³-hybridized carbons (Fsp3) is 0.174. The van der Waals surface area contributed by atoms with Crippen molar-refractivity contribution >= 4 is 34.1 Å². The monoisotopic (exact) mass is 446 g/mol. The Labute approximate surface area is 188 Å². The van der Waals surface area contributed by atoms with Gasteiger partial charge in [0.05, 0.1) is 22.0 Å². The van der Waals surface area contributed by atoms with Crippen molar-refractivity contribution < 1.29 is 14.6 Å². The van der Waals surface area contributed by atoms with Crippen molar-refractivity contribution in [3.8, 4) is 6.07 Å². The fourth-order valence-electron chi connectivity index (χ4n) is 3.62. The lowest BCUT2D eigenvalue weighted by Crippen LogP contribution is -3.10. The molecule has 9 heteroatoms. The third-order valence-corrected chi connectivity index (χ3v) is 6.19. The number of nitrogens with zero attached hydrogens (tertiary/aromatic N) is 3. The van der Waals surface area contributed by atoms with E-state index in [1.807, 2.05) is 24.3 Å². The molecule has 1 aliphatic heterocycles. The van der Waals surface area contributed by atoms with Gasteiger partial charge in [-0.3, -0.25) is 20.2 Å². The molecule has 8 nitrogen and oxygen atoms in total. The highest BCUT2D eigenvalue weighted by molar-refractivity contribution is 7.15. The lowest BCUT2D eigenvalue weighted by Gasteiger charge is -2.22. The number of aromatic nitrogens is 1. The normalized spacial score (nSPS) is 15.5. The molecule has 32 heavy (non-hydrogen) atoms. The number of nitro benzene ring substituents is 1. The molecule has 1 aromatic heterocycles. The quantitative estimate of drug-likeness (QED) is 0.262. The zero-order valence-corrected chi connectivity index (χ0v) is 17.9. The summed E-state index contributed by atoms with van der Waals surface area (Å²) in [6, 6.07) is 18.0. The molecule has 3 aromatic rings. The van der Waals surface area contributed by atoms with Gasteiger partial charge in [0.15, 0.2) is 5.13 Å². The number of anilines is 1. The number of nitriles is 1. The Kier molecular flexibility index (Phi) is 6.35. The average Bonchev–Trinajstić information content (AvgIpc) is 3.19. The minimum atomic E-state index is -0.585. The van der Waals surface area contributed by atoms with Crippen LogP contribution in [0.25, 0.3) is 6.08 Å². The van der Waals surface area contributed by atoms with Gasteiger partial charge in [-0.2, -0.15) is 5.26 Å². The van der Waals surface area contributed by atoms with Gasteiger partial charge in [-0.05, 0) is 11.6 Å². The van der Waals surface area contributed by atoms with E-state index in [-0.39, 0.29) is 11.3 Å². The lowest BCUT2D eigenvalue weighted by atomic mass is 10.1. The van der Waals surface area contributed by atoms with Gasteiger partial charge in [-0.25, -0.2) is 4.98 Å². The minimum absolute atomic E-state index is 0.105. The van der Waals surface area contributed by atoms with Crippen LogP contribution in [0, 0.1) is 21.4 Å². The van der Waals surface area contributed by atoms with E-state index in [9.17, 15) is 20.2 Å². The smallest absolute Gasteiger partial charge is 0.270 e. The summed E-state index contributed by atoms with van der Waals surface area (Å²) in [6.45, 7) is 2.74. The highest BCUT2D eigenvalue weighted by Gasteiger charge is 2.24. The van der Waals surface area contributed by atoms with E-state index in [1.165, 1.54) is 46.1 Å². The van der Waals surface area contributed by atoms with Crippen LogP contribution in [-0.4, -0.2) is 22.4 Å². The van der Waals surface area contributed by atoms with E-state index < -0.39 is 10.8 Å². The number of quaternary nitrogens is 1. The van der Waals surface area contributed by atoms with Crippen molar-refractivity contribution in [1.29, 1.82) is 5.26 Å². The van der Waals surface area contributed by atoms with Gasteiger partial charge in [0, 0.05) is 24.1 Å². The first-order valence-corrected chi connectivity index (χ1v) is 10.9. The number of amides is 1. The summed E-state index contributed by atoms with van der Waals surface area (Å²) in [5, 5.41) is 23.5. The van der Waals surface area contributed by atoms with Crippen LogP contribution in [0.15, 0.2) is 60.2 Å². The molecule has 0 saturated heterocycles. The largest absolute Gasteiger partial charge is 0.326 e. The van der Waals surface area contributed by atoms with Crippen LogP contribution in [0.1, 0.15) is 21.7 Å². The topological polar surface area (TPSA) is 113 Å². The van der Waals surface area contributed by atoms with E-state index in [2.05, 4.69) is 22.4 Å². The summed E-state index contributed by atoms with van der Waals surface area (Å²) >= 11 is 1.43. The SMILES string of the molecule is N#CC(=Cc1cccc([N+](=O)[O-])c1)C(=O)Nc1nc2c(s1)C[NH+](Cc1ccccc1)CC2. The molecule has 0 fully saturated rings. The molecule has 1 aliphatic rings. The molecule has 1 atom stereocenters. The predicted octanol–water partition coefficient (Wildman–Crippen LogP) is 2.74. The first kappa shape index (κ1) is 21.4. The number of non-ortho nitro benzene ring substituents is 1. The van der Waals surface area contributed by atoms with Gasteiger partial charge in [-0.15, -0.1) is 0 Å². The van der Waals surface area contributed by atoms with E-state index in [0.29, 0.717) is 10.7 Å². The molecule has 2 aromatic carbocycles. The second kappa shape index (κ2) is 9.51. The zero-order valence-electron chi connectivity index (χ0n) is 17.1. The third-order valence-electron chi connectivity index (χ3n) is 5.18. The van der Waals surface area contributed by atoms with Crippen molar-refractivity contribution in [3.63, 3.8) is 0 Å². The first-order chi connectivity index (χ1) is 15.5. The van der Waals surface area contributed by atoms with Gasteiger partial charge >= 0.3 is 0 Å². The predicted molar refractivity (Wildman–Crippen MR) is 121 cm³/mol. The van der Waals surface area contributed by atoms with Crippen LogP contribution in [-0.2, 0) is 24.3 Å². The molecule has 4 rings (SSSR count). The standard InChI is InChI=1S/C23H19N5O3S/c24-13-18(11-17-7-4-8-19(12-17)28(30)31)22(29)26-23-25-20-9-10-27(15-21(20)32-23)14-16-5-2-1-3-6-16/h1-8,11-12H,9-10,14-15H2,(H,25,26,29)/p+1. The van der Waals surface area contributed by atoms with Gasteiger partial charge in [-0.1, -0.05) is 53.8 Å². The maximum atomic E-state index is 12.6. The van der Waals surface area contributed by atoms with Crippen LogP contribution in [0.2, 0.25) is 0 Å². The molecule has 0 bridgehead atoms. The average molecular weight is 447 g/mol. The van der Waals surface area contributed by atoms with E-state index in [0.717, 1.165) is 36.6 Å². The van der Waals surface area contributed by atoms with Crippen LogP contribution in [0.4, 0.5) is 10.8 Å². The van der Waals surface area contributed by atoms with Crippen molar-refractivity contribution in [2.24, 2.45) is 0 Å². The maximum Gasteiger partial charge on any atom is 0.270 e. The number of thiazole rings is 1. The molecule has 2 N–H and O–H groups in total. The Morgan fingerprint density at radius 3 is 2.84 bits per heavy atom. The van der Waals surface area contributed by atoms with Crippen molar-refractivity contribution in [2.45, 2.75) is 19.5 Å². The highest BCUT2D eigenvalue weighted by atomic mass is 32.1. The third kappa shape index (κ3) is 5.06. The Hall–Kier alpha value is -3.87.